The molecule has 182 valence electrons. The number of nitrogens with zero attached hydrogens (tertiary/aromatic N) is 1. The molecule has 0 radical (unpaired) electrons. The third kappa shape index (κ3) is 4.47. The first-order chi connectivity index (χ1) is 17.1. The Morgan fingerprint density at radius 1 is 0.889 bits per heavy atom. The molecule has 4 nitrogen and oxygen atoms in total. The summed E-state index contributed by atoms with van der Waals surface area (Å²) in [5.41, 5.74) is 9.75. The van der Waals surface area contributed by atoms with E-state index in [4.69, 9.17) is 28.9 Å². The van der Waals surface area contributed by atoms with Crippen molar-refractivity contribution in [1.29, 1.82) is 0 Å². The molecule has 0 atom stereocenters. The summed E-state index contributed by atoms with van der Waals surface area (Å²) in [7, 11) is 0. The lowest BCUT2D eigenvalue weighted by Crippen LogP contribution is -2.17. The number of rotatable bonds is 5. The number of hydrogen-bond acceptors (Lipinski definition) is 2. The van der Waals surface area contributed by atoms with Crippen molar-refractivity contribution in [1.82, 2.24) is 4.57 Å². The maximum Gasteiger partial charge on any atom is 0.573 e. The summed E-state index contributed by atoms with van der Waals surface area (Å²) in [6, 6.07) is 21.9. The Hall–Kier alpha value is -3.68. The van der Waals surface area contributed by atoms with Crippen molar-refractivity contribution in [3.63, 3.8) is 0 Å². The predicted octanol–water partition coefficient (Wildman–Crippen LogP) is 7.81. The van der Waals surface area contributed by atoms with Gasteiger partial charge in [0.25, 0.3) is 0 Å². The lowest BCUT2D eigenvalue weighted by atomic mass is 10.0. The minimum absolute atomic E-state index is 0.305. The smallest absolute Gasteiger partial charge is 0.406 e. The molecule has 0 aliphatic carbocycles. The van der Waals surface area contributed by atoms with Crippen LogP contribution in [0.3, 0.4) is 0 Å². The summed E-state index contributed by atoms with van der Waals surface area (Å²) >= 11 is 12.9. The van der Waals surface area contributed by atoms with Gasteiger partial charge in [-0.15, -0.1) is 13.2 Å². The second-order valence-corrected chi connectivity index (χ2v) is 8.98. The van der Waals surface area contributed by atoms with E-state index in [0.29, 0.717) is 33.1 Å². The zero-order valence-electron chi connectivity index (χ0n) is 18.4. The van der Waals surface area contributed by atoms with E-state index >= 15 is 0 Å². The van der Waals surface area contributed by atoms with E-state index in [1.165, 1.54) is 12.1 Å². The van der Waals surface area contributed by atoms with Crippen molar-refractivity contribution in [2.75, 3.05) is 0 Å². The first kappa shape index (κ1) is 24.0. The number of carbonyl (C=O) groups is 1. The second kappa shape index (κ2) is 9.08. The van der Waals surface area contributed by atoms with Crippen LogP contribution in [0.25, 0.3) is 32.9 Å². The van der Waals surface area contributed by atoms with Gasteiger partial charge in [0.05, 0.1) is 11.0 Å². The third-order valence-corrected chi connectivity index (χ3v) is 6.54. The van der Waals surface area contributed by atoms with E-state index < -0.39 is 12.3 Å². The summed E-state index contributed by atoms with van der Waals surface area (Å²) in [6.07, 6.45) is -4.77. The van der Waals surface area contributed by atoms with E-state index in [2.05, 4.69) is 4.74 Å². The highest BCUT2D eigenvalue weighted by Crippen LogP contribution is 2.39. The number of amides is 1. The van der Waals surface area contributed by atoms with Gasteiger partial charge in [-0.2, -0.15) is 0 Å². The number of carbonyl (C=O) groups excluding carboxylic acids is 1. The largest absolute Gasteiger partial charge is 0.573 e. The number of hydrogen-bond donors (Lipinski definition) is 1. The molecule has 0 fully saturated rings. The summed E-state index contributed by atoms with van der Waals surface area (Å²) in [5, 5.41) is 2.46. The van der Waals surface area contributed by atoms with Crippen LogP contribution >= 0.6 is 23.2 Å². The minimum Gasteiger partial charge on any atom is -0.406 e. The molecular weight excluding hydrogens is 512 g/mol. The molecule has 0 saturated carbocycles. The number of ether oxygens (including phenoxy) is 1. The normalized spacial score (nSPS) is 11.8. The van der Waals surface area contributed by atoms with Gasteiger partial charge in [-0.3, -0.25) is 4.79 Å². The van der Waals surface area contributed by atoms with Gasteiger partial charge in [0.1, 0.15) is 5.75 Å². The molecule has 0 unspecified atom stereocenters. The van der Waals surface area contributed by atoms with Crippen LogP contribution in [-0.4, -0.2) is 16.8 Å². The van der Waals surface area contributed by atoms with Crippen molar-refractivity contribution in [3.8, 4) is 16.9 Å². The van der Waals surface area contributed by atoms with Crippen LogP contribution in [0.15, 0.2) is 78.9 Å². The SMILES string of the molecule is NC(=O)c1cccc2c1c1ccc(-c3c(Cl)cccc3Cl)cc1n2Cc1ccc(OC(F)(F)F)cc1. The van der Waals surface area contributed by atoms with Gasteiger partial charge in [-0.25, -0.2) is 0 Å². The zero-order chi connectivity index (χ0) is 25.6. The standard InChI is InChI=1S/C27H17Cl2F3N2O2/c28-20-4-2-5-21(29)24(20)16-9-12-18-23(13-16)34(22-6-1-3-19(25(18)22)26(33)35)14-15-7-10-17(11-8-15)36-27(30,31)32/h1-13H,14H2,(H2,33,35). The average molecular weight is 529 g/mol. The van der Waals surface area contributed by atoms with Gasteiger partial charge in [-0.1, -0.05) is 59.6 Å². The Kier molecular flexibility index (Phi) is 6.06. The Labute approximate surface area is 213 Å². The average Bonchev–Trinajstić information content (AvgIpc) is 3.12. The summed E-state index contributed by atoms with van der Waals surface area (Å²) in [6.45, 7) is 0.314. The van der Waals surface area contributed by atoms with Crippen molar-refractivity contribution < 1.29 is 22.7 Å². The third-order valence-electron chi connectivity index (χ3n) is 5.91. The van der Waals surface area contributed by atoms with Crippen LogP contribution in [-0.2, 0) is 6.54 Å². The number of aromatic nitrogens is 1. The number of nitrogens with two attached hydrogens (primary N) is 1. The number of primary amides is 1. The highest BCUT2D eigenvalue weighted by molar-refractivity contribution is 6.39. The minimum atomic E-state index is -4.77. The quantitative estimate of drug-likeness (QED) is 0.253. The van der Waals surface area contributed by atoms with Crippen LogP contribution in [0.2, 0.25) is 10.0 Å². The Balaban J connectivity index is 1.70. The van der Waals surface area contributed by atoms with Crippen LogP contribution in [0.5, 0.6) is 5.75 Å². The lowest BCUT2D eigenvalue weighted by Gasteiger charge is -2.12. The van der Waals surface area contributed by atoms with Gasteiger partial charge < -0.3 is 15.0 Å². The van der Waals surface area contributed by atoms with Gasteiger partial charge >= 0.3 is 6.36 Å². The van der Waals surface area contributed by atoms with E-state index in [1.807, 2.05) is 28.8 Å². The molecule has 1 amide bonds. The Morgan fingerprint density at radius 3 is 2.19 bits per heavy atom. The predicted molar refractivity (Wildman–Crippen MR) is 136 cm³/mol. The van der Waals surface area contributed by atoms with Gasteiger partial charge in [0, 0.05) is 38.5 Å². The highest BCUT2D eigenvalue weighted by atomic mass is 35.5. The summed E-state index contributed by atoms with van der Waals surface area (Å²) < 4.78 is 43.6. The molecule has 5 rings (SSSR count). The molecule has 0 saturated heterocycles. The fourth-order valence-corrected chi connectivity index (χ4v) is 5.04. The molecule has 36 heavy (non-hydrogen) atoms. The maximum atomic E-state index is 12.6. The van der Waals surface area contributed by atoms with Gasteiger partial charge in [0.2, 0.25) is 5.91 Å². The summed E-state index contributed by atoms with van der Waals surface area (Å²) in [5.74, 6) is -0.869. The molecular formula is C27H17Cl2F3N2O2. The van der Waals surface area contributed by atoms with Gasteiger partial charge in [-0.05, 0) is 53.6 Å². The van der Waals surface area contributed by atoms with Crippen molar-refractivity contribution in [2.24, 2.45) is 5.73 Å². The van der Waals surface area contributed by atoms with Crippen molar-refractivity contribution in [3.05, 3.63) is 100 Å². The van der Waals surface area contributed by atoms with E-state index in [0.717, 1.165) is 27.5 Å². The van der Waals surface area contributed by atoms with Crippen molar-refractivity contribution >= 4 is 50.9 Å². The molecule has 0 aliphatic rings. The fourth-order valence-electron chi connectivity index (χ4n) is 4.43. The topological polar surface area (TPSA) is 57.2 Å². The van der Waals surface area contributed by atoms with Crippen LogP contribution in [0, 0.1) is 0 Å². The Morgan fingerprint density at radius 2 is 1.56 bits per heavy atom. The number of fused-ring (bicyclic) bond motifs is 3. The molecule has 2 N–H and O–H groups in total. The first-order valence-corrected chi connectivity index (χ1v) is 11.5. The number of benzene rings is 4. The lowest BCUT2D eigenvalue weighted by molar-refractivity contribution is -0.274. The first-order valence-electron chi connectivity index (χ1n) is 10.8. The van der Waals surface area contributed by atoms with Gasteiger partial charge in [0.15, 0.2) is 0 Å². The molecule has 4 aromatic carbocycles. The van der Waals surface area contributed by atoms with Crippen LogP contribution in [0.4, 0.5) is 13.2 Å². The van der Waals surface area contributed by atoms with Crippen LogP contribution < -0.4 is 10.5 Å². The molecule has 1 aromatic heterocycles. The Bertz CT molecular complexity index is 1610. The number of alkyl halides is 3. The van der Waals surface area contributed by atoms with Crippen molar-refractivity contribution in [2.45, 2.75) is 12.9 Å². The highest BCUT2D eigenvalue weighted by Gasteiger charge is 2.31. The van der Waals surface area contributed by atoms with Crippen LogP contribution in [0.1, 0.15) is 15.9 Å². The van der Waals surface area contributed by atoms with E-state index in [9.17, 15) is 18.0 Å². The molecule has 9 heteroatoms. The molecule has 0 aliphatic heterocycles. The zero-order valence-corrected chi connectivity index (χ0v) is 20.0. The fraction of sp³-hybridized carbons (Fsp3) is 0.0741. The number of halogens is 5. The molecule has 0 bridgehead atoms. The van der Waals surface area contributed by atoms with E-state index in [-0.39, 0.29) is 5.75 Å². The molecule has 1 heterocycles. The van der Waals surface area contributed by atoms with E-state index in [1.54, 1.807) is 42.5 Å². The molecule has 0 spiro atoms. The second-order valence-electron chi connectivity index (χ2n) is 8.17. The monoisotopic (exact) mass is 528 g/mol. The molecule has 5 aromatic rings. The summed E-state index contributed by atoms with van der Waals surface area (Å²) in [4.78, 5) is 12.2. The maximum absolute atomic E-state index is 12.6.